The average Bonchev–Trinajstić information content (AvgIpc) is 2.47. The molecular formula is C9H11ClN4. The van der Waals surface area contributed by atoms with Gasteiger partial charge in [-0.25, -0.2) is 4.98 Å². The molecule has 0 aliphatic carbocycles. The summed E-state index contributed by atoms with van der Waals surface area (Å²) in [6, 6.07) is 2.23. The van der Waals surface area contributed by atoms with Gasteiger partial charge in [0.2, 0.25) is 5.95 Å². The number of fused-ring (bicyclic) bond motifs is 1. The van der Waals surface area contributed by atoms with Crippen molar-refractivity contribution in [2.75, 3.05) is 5.73 Å². The summed E-state index contributed by atoms with van der Waals surface area (Å²) >= 11 is 5.94. The van der Waals surface area contributed by atoms with Crippen LogP contribution in [0.5, 0.6) is 0 Å². The first-order valence-electron chi connectivity index (χ1n) is 4.39. The molecular weight excluding hydrogens is 200 g/mol. The molecule has 2 N–H and O–H groups in total. The minimum atomic E-state index is 0.211. The smallest absolute Gasteiger partial charge is 0.223 e. The molecule has 4 nitrogen and oxygen atoms in total. The molecule has 14 heavy (non-hydrogen) atoms. The van der Waals surface area contributed by atoms with Crippen molar-refractivity contribution in [1.29, 1.82) is 0 Å². The number of nitrogen functional groups attached to an aromatic ring is 1. The van der Waals surface area contributed by atoms with E-state index in [-0.39, 0.29) is 5.95 Å². The van der Waals surface area contributed by atoms with Crippen molar-refractivity contribution in [3.63, 3.8) is 0 Å². The van der Waals surface area contributed by atoms with Gasteiger partial charge < -0.3 is 10.3 Å². The molecule has 2 aromatic rings. The van der Waals surface area contributed by atoms with Gasteiger partial charge in [-0.2, -0.15) is 4.98 Å². The van der Waals surface area contributed by atoms with Crippen LogP contribution in [0.4, 0.5) is 5.95 Å². The fourth-order valence-electron chi connectivity index (χ4n) is 1.43. The number of anilines is 1. The highest BCUT2D eigenvalue weighted by Crippen LogP contribution is 2.24. The highest BCUT2D eigenvalue weighted by molar-refractivity contribution is 6.34. The maximum Gasteiger partial charge on any atom is 0.223 e. The van der Waals surface area contributed by atoms with E-state index in [4.69, 9.17) is 17.3 Å². The van der Waals surface area contributed by atoms with Gasteiger partial charge in [0, 0.05) is 12.2 Å². The third-order valence-electron chi connectivity index (χ3n) is 2.10. The van der Waals surface area contributed by atoms with Gasteiger partial charge in [-0.05, 0) is 19.9 Å². The van der Waals surface area contributed by atoms with Gasteiger partial charge in [-0.1, -0.05) is 11.6 Å². The lowest BCUT2D eigenvalue weighted by molar-refractivity contribution is 0.618. The largest absolute Gasteiger partial charge is 0.368 e. The average molecular weight is 211 g/mol. The first-order chi connectivity index (χ1) is 6.59. The van der Waals surface area contributed by atoms with Gasteiger partial charge in [0.1, 0.15) is 10.8 Å². The van der Waals surface area contributed by atoms with Crippen LogP contribution in [-0.2, 0) is 0 Å². The predicted molar refractivity (Wildman–Crippen MR) is 57.3 cm³/mol. The molecule has 5 heteroatoms. The minimum absolute atomic E-state index is 0.211. The molecule has 0 aliphatic rings. The van der Waals surface area contributed by atoms with Crippen molar-refractivity contribution >= 4 is 28.6 Å². The van der Waals surface area contributed by atoms with Crippen molar-refractivity contribution in [3.8, 4) is 0 Å². The first-order valence-corrected chi connectivity index (χ1v) is 4.77. The second-order valence-electron chi connectivity index (χ2n) is 3.43. The summed E-state index contributed by atoms with van der Waals surface area (Å²) in [6.07, 6.45) is 1.94. The molecule has 0 fully saturated rings. The van der Waals surface area contributed by atoms with Crippen LogP contribution in [0.2, 0.25) is 5.15 Å². The Labute approximate surface area is 86.7 Å². The van der Waals surface area contributed by atoms with Crippen LogP contribution in [0.15, 0.2) is 12.3 Å². The van der Waals surface area contributed by atoms with Crippen LogP contribution in [0.3, 0.4) is 0 Å². The second-order valence-corrected chi connectivity index (χ2v) is 3.78. The lowest BCUT2D eigenvalue weighted by atomic mass is 10.4. The number of hydrogen-bond donors (Lipinski definition) is 1. The number of halogens is 1. The normalized spacial score (nSPS) is 11.4. The Morgan fingerprint density at radius 1 is 1.43 bits per heavy atom. The molecule has 74 valence electrons. The summed E-state index contributed by atoms with van der Waals surface area (Å²) < 4.78 is 2.01. The Bertz CT molecular complexity index is 475. The van der Waals surface area contributed by atoms with E-state index in [1.165, 1.54) is 0 Å². The number of hydrogen-bond acceptors (Lipinski definition) is 3. The van der Waals surface area contributed by atoms with Crippen molar-refractivity contribution < 1.29 is 0 Å². The van der Waals surface area contributed by atoms with Gasteiger partial charge in [0.15, 0.2) is 0 Å². The first kappa shape index (κ1) is 9.27. The Morgan fingerprint density at radius 3 is 2.79 bits per heavy atom. The van der Waals surface area contributed by atoms with Gasteiger partial charge in [0.05, 0.1) is 5.39 Å². The van der Waals surface area contributed by atoms with Gasteiger partial charge in [-0.3, -0.25) is 0 Å². The van der Waals surface area contributed by atoms with E-state index in [1.54, 1.807) is 0 Å². The molecule has 2 rings (SSSR count). The van der Waals surface area contributed by atoms with Crippen molar-refractivity contribution in [1.82, 2.24) is 14.5 Å². The monoisotopic (exact) mass is 210 g/mol. The minimum Gasteiger partial charge on any atom is -0.368 e. The molecule has 0 aliphatic heterocycles. The standard InChI is InChI=1S/C9H11ClN4/c1-5(2)14-4-3-6-7(10)12-9(11)13-8(6)14/h3-5H,1-2H3,(H2,11,12,13). The number of aromatic nitrogens is 3. The summed E-state index contributed by atoms with van der Waals surface area (Å²) in [4.78, 5) is 8.06. The van der Waals surface area contributed by atoms with Crippen molar-refractivity contribution in [2.24, 2.45) is 0 Å². The fraction of sp³-hybridized carbons (Fsp3) is 0.333. The zero-order valence-electron chi connectivity index (χ0n) is 8.03. The topological polar surface area (TPSA) is 56.7 Å². The van der Waals surface area contributed by atoms with Crippen LogP contribution in [0.1, 0.15) is 19.9 Å². The quantitative estimate of drug-likeness (QED) is 0.735. The molecule has 0 bridgehead atoms. The van der Waals surface area contributed by atoms with Gasteiger partial charge >= 0.3 is 0 Å². The highest BCUT2D eigenvalue weighted by Gasteiger charge is 2.10. The summed E-state index contributed by atoms with van der Waals surface area (Å²) in [7, 11) is 0. The van der Waals surface area contributed by atoms with Crippen LogP contribution in [0.25, 0.3) is 11.0 Å². The number of rotatable bonds is 1. The molecule has 0 saturated carbocycles. The Hall–Kier alpha value is -1.29. The van der Waals surface area contributed by atoms with E-state index in [9.17, 15) is 0 Å². The van der Waals surface area contributed by atoms with Crippen molar-refractivity contribution in [2.45, 2.75) is 19.9 Å². The molecule has 0 spiro atoms. The Morgan fingerprint density at radius 2 is 2.14 bits per heavy atom. The maximum atomic E-state index is 5.94. The van der Waals surface area contributed by atoms with E-state index < -0.39 is 0 Å². The maximum absolute atomic E-state index is 5.94. The third-order valence-corrected chi connectivity index (χ3v) is 2.39. The van der Waals surface area contributed by atoms with E-state index >= 15 is 0 Å². The second kappa shape index (κ2) is 3.13. The Balaban J connectivity index is 2.78. The summed E-state index contributed by atoms with van der Waals surface area (Å²) in [5.41, 5.74) is 6.32. The van der Waals surface area contributed by atoms with E-state index in [0.717, 1.165) is 11.0 Å². The highest BCUT2D eigenvalue weighted by atomic mass is 35.5. The third kappa shape index (κ3) is 1.32. The zero-order valence-corrected chi connectivity index (χ0v) is 8.78. The predicted octanol–water partition coefficient (Wildman–Crippen LogP) is 2.25. The summed E-state index contributed by atoms with van der Waals surface area (Å²) in [5.74, 6) is 0.211. The van der Waals surface area contributed by atoms with Crippen LogP contribution in [0, 0.1) is 0 Å². The fourth-order valence-corrected chi connectivity index (χ4v) is 1.66. The van der Waals surface area contributed by atoms with E-state index in [2.05, 4.69) is 23.8 Å². The van der Waals surface area contributed by atoms with Gasteiger partial charge in [-0.15, -0.1) is 0 Å². The zero-order chi connectivity index (χ0) is 10.3. The SMILES string of the molecule is CC(C)n1ccc2c(Cl)nc(N)nc21. The molecule has 2 aromatic heterocycles. The van der Waals surface area contributed by atoms with E-state index in [1.807, 2.05) is 16.8 Å². The number of nitrogens with two attached hydrogens (primary N) is 1. The van der Waals surface area contributed by atoms with Crippen LogP contribution < -0.4 is 5.73 Å². The van der Waals surface area contributed by atoms with E-state index in [0.29, 0.717) is 11.2 Å². The molecule has 0 radical (unpaired) electrons. The van der Waals surface area contributed by atoms with Crippen LogP contribution >= 0.6 is 11.6 Å². The molecule has 0 aromatic carbocycles. The van der Waals surface area contributed by atoms with Gasteiger partial charge in [0.25, 0.3) is 0 Å². The lowest BCUT2D eigenvalue weighted by Crippen LogP contribution is -2.02. The molecule has 0 unspecified atom stereocenters. The van der Waals surface area contributed by atoms with Crippen LogP contribution in [-0.4, -0.2) is 14.5 Å². The number of nitrogens with zero attached hydrogens (tertiary/aromatic N) is 3. The summed E-state index contributed by atoms with van der Waals surface area (Å²) in [6.45, 7) is 4.15. The molecule has 0 amide bonds. The molecule has 0 saturated heterocycles. The van der Waals surface area contributed by atoms with Crippen molar-refractivity contribution in [3.05, 3.63) is 17.4 Å². The molecule has 2 heterocycles. The summed E-state index contributed by atoms with van der Waals surface area (Å²) in [5, 5.41) is 1.25. The Kier molecular flexibility index (Phi) is 2.07. The lowest BCUT2D eigenvalue weighted by Gasteiger charge is -2.08. The molecule has 0 atom stereocenters.